The average Bonchev–Trinajstić information content (AvgIpc) is 2.76. The molecule has 0 unspecified atom stereocenters. The van der Waals surface area contributed by atoms with Crippen molar-refractivity contribution in [3.05, 3.63) is 45.7 Å². The average molecular weight is 307 g/mol. The van der Waals surface area contributed by atoms with E-state index in [-0.39, 0.29) is 0 Å². The minimum Gasteiger partial charge on any atom is -0.298 e. The van der Waals surface area contributed by atoms with E-state index in [0.717, 1.165) is 46.2 Å². The summed E-state index contributed by atoms with van der Waals surface area (Å²) in [5.74, 6) is 0. The Labute approximate surface area is 115 Å². The van der Waals surface area contributed by atoms with Crippen LogP contribution in [0, 0.1) is 0 Å². The molecule has 0 amide bonds. The third-order valence-corrected chi connectivity index (χ3v) is 3.43. The first-order chi connectivity index (χ1) is 8.71. The van der Waals surface area contributed by atoms with Crippen molar-refractivity contribution in [3.63, 3.8) is 0 Å². The van der Waals surface area contributed by atoms with Gasteiger partial charge in [0.2, 0.25) is 0 Å². The van der Waals surface area contributed by atoms with Gasteiger partial charge in [0.15, 0.2) is 6.29 Å². The van der Waals surface area contributed by atoms with Gasteiger partial charge in [-0.05, 0) is 31.0 Å². The summed E-state index contributed by atoms with van der Waals surface area (Å²) in [6.07, 6.45) is 2.47. The van der Waals surface area contributed by atoms with Crippen molar-refractivity contribution < 1.29 is 4.79 Å². The Kier molecular flexibility index (Phi) is 3.97. The number of halogens is 1. The Morgan fingerprint density at radius 3 is 2.67 bits per heavy atom. The third-order valence-electron chi connectivity index (χ3n) is 2.94. The second-order valence-corrected chi connectivity index (χ2v) is 4.94. The molecule has 0 aliphatic carbocycles. The van der Waals surface area contributed by atoms with E-state index in [9.17, 15) is 4.79 Å². The van der Waals surface area contributed by atoms with Crippen molar-refractivity contribution in [2.75, 3.05) is 0 Å². The number of benzene rings is 1. The molecule has 0 atom stereocenters. The van der Waals surface area contributed by atoms with Gasteiger partial charge in [-0.3, -0.25) is 4.79 Å². The van der Waals surface area contributed by atoms with Crippen LogP contribution in [0.3, 0.4) is 0 Å². The number of nitrogens with zero attached hydrogens (tertiary/aromatic N) is 2. The van der Waals surface area contributed by atoms with Crippen LogP contribution in [0.5, 0.6) is 0 Å². The molecule has 1 aromatic heterocycles. The van der Waals surface area contributed by atoms with E-state index in [1.165, 1.54) is 0 Å². The molecule has 94 valence electrons. The maximum absolute atomic E-state index is 11.2. The van der Waals surface area contributed by atoms with Crippen molar-refractivity contribution in [3.8, 4) is 5.69 Å². The van der Waals surface area contributed by atoms with Gasteiger partial charge in [-0.1, -0.05) is 35.8 Å². The van der Waals surface area contributed by atoms with Crippen LogP contribution < -0.4 is 0 Å². The molecule has 18 heavy (non-hydrogen) atoms. The Balaban J connectivity index is 2.63. The second-order valence-electron chi connectivity index (χ2n) is 4.02. The summed E-state index contributed by atoms with van der Waals surface area (Å²) in [4.78, 5) is 11.2. The molecule has 0 saturated heterocycles. The lowest BCUT2D eigenvalue weighted by Crippen LogP contribution is -2.02. The zero-order valence-corrected chi connectivity index (χ0v) is 12.1. The number of carbonyl (C=O) groups excluding carboxylic acids is 1. The third kappa shape index (κ3) is 2.25. The summed E-state index contributed by atoms with van der Waals surface area (Å²) in [7, 11) is 0. The van der Waals surface area contributed by atoms with Gasteiger partial charge >= 0.3 is 0 Å². The van der Waals surface area contributed by atoms with Gasteiger partial charge < -0.3 is 0 Å². The summed E-state index contributed by atoms with van der Waals surface area (Å²) in [5.41, 5.74) is 3.55. The van der Waals surface area contributed by atoms with Gasteiger partial charge in [0.05, 0.1) is 22.6 Å². The molecule has 1 aromatic carbocycles. The maximum atomic E-state index is 11.2. The molecule has 0 radical (unpaired) electrons. The van der Waals surface area contributed by atoms with E-state index in [1.54, 1.807) is 0 Å². The number of aldehydes is 1. The maximum Gasteiger partial charge on any atom is 0.153 e. The molecule has 2 rings (SSSR count). The normalized spacial score (nSPS) is 10.6. The molecular weight excluding hydrogens is 292 g/mol. The number of aromatic nitrogens is 2. The number of aryl methyl sites for hydroxylation is 1. The van der Waals surface area contributed by atoms with Crippen molar-refractivity contribution in [2.45, 2.75) is 26.7 Å². The lowest BCUT2D eigenvalue weighted by molar-refractivity contribution is 0.112. The number of hydrogen-bond donors (Lipinski definition) is 0. The van der Waals surface area contributed by atoms with Crippen LogP contribution in [-0.2, 0) is 12.8 Å². The van der Waals surface area contributed by atoms with Gasteiger partial charge in [-0.2, -0.15) is 5.10 Å². The van der Waals surface area contributed by atoms with Gasteiger partial charge in [0, 0.05) is 4.47 Å². The van der Waals surface area contributed by atoms with Crippen LogP contribution in [0.4, 0.5) is 0 Å². The fourth-order valence-electron chi connectivity index (χ4n) is 2.07. The fraction of sp³-hybridized carbons (Fsp3) is 0.286. The van der Waals surface area contributed by atoms with Crippen LogP contribution in [0.15, 0.2) is 28.7 Å². The monoisotopic (exact) mass is 306 g/mol. The van der Waals surface area contributed by atoms with Crippen molar-refractivity contribution >= 4 is 22.2 Å². The molecule has 0 bridgehead atoms. The standard InChI is InChI=1S/C14H15BrN2O/c1-3-13-12(9-18)14(4-2)17(16-13)11-7-5-6-10(15)8-11/h5-9H,3-4H2,1-2H3. The molecular formula is C14H15BrN2O. The number of rotatable bonds is 4. The number of hydrogen-bond acceptors (Lipinski definition) is 2. The first-order valence-corrected chi connectivity index (χ1v) is 6.82. The summed E-state index contributed by atoms with van der Waals surface area (Å²) in [6.45, 7) is 4.05. The molecule has 4 heteroatoms. The Bertz CT molecular complexity index is 575. The highest BCUT2D eigenvalue weighted by molar-refractivity contribution is 9.10. The molecule has 0 saturated carbocycles. The topological polar surface area (TPSA) is 34.9 Å². The molecule has 0 N–H and O–H groups in total. The Hall–Kier alpha value is -1.42. The highest BCUT2D eigenvalue weighted by atomic mass is 79.9. The molecule has 0 fully saturated rings. The van der Waals surface area contributed by atoms with Crippen molar-refractivity contribution in [1.29, 1.82) is 0 Å². The zero-order chi connectivity index (χ0) is 13.1. The van der Waals surface area contributed by atoms with E-state index < -0.39 is 0 Å². The molecule has 0 aliphatic rings. The number of carbonyl (C=O) groups is 1. The minimum atomic E-state index is 0.736. The van der Waals surface area contributed by atoms with Gasteiger partial charge in [-0.25, -0.2) is 4.68 Å². The quantitative estimate of drug-likeness (QED) is 0.809. The van der Waals surface area contributed by atoms with Gasteiger partial charge in [0.25, 0.3) is 0 Å². The van der Waals surface area contributed by atoms with E-state index in [4.69, 9.17) is 0 Å². The van der Waals surface area contributed by atoms with Crippen LogP contribution >= 0.6 is 15.9 Å². The molecule has 3 nitrogen and oxygen atoms in total. The van der Waals surface area contributed by atoms with Crippen LogP contribution in [-0.4, -0.2) is 16.1 Å². The second kappa shape index (κ2) is 5.48. The SMILES string of the molecule is CCc1nn(-c2cccc(Br)c2)c(CC)c1C=O. The Morgan fingerprint density at radius 1 is 1.33 bits per heavy atom. The predicted octanol–water partition coefficient (Wildman–Crippen LogP) is 3.57. The van der Waals surface area contributed by atoms with Crippen LogP contribution in [0.1, 0.15) is 35.6 Å². The van der Waals surface area contributed by atoms with Gasteiger partial charge in [0.1, 0.15) is 0 Å². The largest absolute Gasteiger partial charge is 0.298 e. The van der Waals surface area contributed by atoms with Crippen LogP contribution in [0.2, 0.25) is 0 Å². The molecule has 1 heterocycles. The lowest BCUT2D eigenvalue weighted by Gasteiger charge is -2.06. The zero-order valence-electron chi connectivity index (χ0n) is 10.5. The summed E-state index contributed by atoms with van der Waals surface area (Å²) in [6, 6.07) is 7.93. The summed E-state index contributed by atoms with van der Waals surface area (Å²) in [5, 5.41) is 4.55. The van der Waals surface area contributed by atoms with E-state index in [2.05, 4.69) is 21.0 Å². The first kappa shape index (κ1) is 13.0. The molecule has 2 aromatic rings. The minimum absolute atomic E-state index is 0.736. The fourth-order valence-corrected chi connectivity index (χ4v) is 2.46. The van der Waals surface area contributed by atoms with Crippen LogP contribution in [0.25, 0.3) is 5.69 Å². The summed E-state index contributed by atoms with van der Waals surface area (Å²) < 4.78 is 2.87. The smallest absolute Gasteiger partial charge is 0.153 e. The lowest BCUT2D eigenvalue weighted by atomic mass is 10.1. The Morgan fingerprint density at radius 2 is 2.11 bits per heavy atom. The highest BCUT2D eigenvalue weighted by Crippen LogP contribution is 2.21. The van der Waals surface area contributed by atoms with E-state index in [1.807, 2.05) is 42.8 Å². The van der Waals surface area contributed by atoms with Crippen molar-refractivity contribution in [2.24, 2.45) is 0 Å². The highest BCUT2D eigenvalue weighted by Gasteiger charge is 2.15. The molecule has 0 aliphatic heterocycles. The van der Waals surface area contributed by atoms with Gasteiger partial charge in [-0.15, -0.1) is 0 Å². The van der Waals surface area contributed by atoms with Crippen molar-refractivity contribution in [1.82, 2.24) is 9.78 Å². The summed E-state index contributed by atoms with van der Waals surface area (Å²) >= 11 is 3.45. The molecule has 0 spiro atoms. The first-order valence-electron chi connectivity index (χ1n) is 6.03. The van der Waals surface area contributed by atoms with E-state index >= 15 is 0 Å². The predicted molar refractivity (Wildman–Crippen MR) is 75.4 cm³/mol. The van der Waals surface area contributed by atoms with E-state index in [0.29, 0.717) is 0 Å².